The van der Waals surface area contributed by atoms with Crippen LogP contribution in [0.15, 0.2) is 24.3 Å². The van der Waals surface area contributed by atoms with Crippen molar-refractivity contribution in [3.8, 4) is 0 Å². The van der Waals surface area contributed by atoms with Gasteiger partial charge in [-0.2, -0.15) is 0 Å². The minimum atomic E-state index is -0.787. The van der Waals surface area contributed by atoms with Crippen molar-refractivity contribution >= 4 is 5.97 Å². The van der Waals surface area contributed by atoms with Crippen LogP contribution in [0.5, 0.6) is 0 Å². The molecule has 5 nitrogen and oxygen atoms in total. The molecule has 1 rings (SSSR count). The lowest BCUT2D eigenvalue weighted by atomic mass is 9.89. The Kier molecular flexibility index (Phi) is 10.7. The maximum Gasteiger partial charge on any atom is 0.303 e. The second-order valence-electron chi connectivity index (χ2n) is 7.05. The average molecular weight is 354 g/mol. The zero-order chi connectivity index (χ0) is 18.7. The van der Waals surface area contributed by atoms with Gasteiger partial charge in [-0.15, -0.1) is 0 Å². The van der Waals surface area contributed by atoms with Crippen molar-refractivity contribution in [3.63, 3.8) is 0 Å². The van der Waals surface area contributed by atoms with Crippen molar-refractivity contribution in [1.29, 1.82) is 0 Å². The van der Waals surface area contributed by atoms with Gasteiger partial charge < -0.3 is 20.4 Å². The molecule has 0 aliphatic heterocycles. The van der Waals surface area contributed by atoms with Crippen LogP contribution in [-0.2, 0) is 4.79 Å². The number of hydrogen-bond donors (Lipinski definition) is 4. The Morgan fingerprint density at radius 1 is 1.16 bits per heavy atom. The van der Waals surface area contributed by atoms with E-state index in [4.69, 9.17) is 5.11 Å². The van der Waals surface area contributed by atoms with E-state index in [1.54, 1.807) is 6.08 Å². The van der Waals surface area contributed by atoms with Crippen LogP contribution >= 0.6 is 0 Å². The number of aliphatic carboxylic acids is 1. The van der Waals surface area contributed by atoms with Crippen LogP contribution in [0, 0.1) is 11.8 Å². The Labute approximate surface area is 151 Å². The van der Waals surface area contributed by atoms with Crippen LogP contribution in [0.25, 0.3) is 0 Å². The molecule has 0 aromatic carbocycles. The van der Waals surface area contributed by atoms with E-state index in [-0.39, 0.29) is 18.3 Å². The molecule has 0 bridgehead atoms. The van der Waals surface area contributed by atoms with Crippen molar-refractivity contribution in [1.82, 2.24) is 0 Å². The maximum absolute atomic E-state index is 10.5. The van der Waals surface area contributed by atoms with E-state index < -0.39 is 24.3 Å². The molecular formula is C20H34O5. The molecule has 5 atom stereocenters. The Morgan fingerprint density at radius 2 is 1.92 bits per heavy atom. The van der Waals surface area contributed by atoms with Crippen LogP contribution in [0.4, 0.5) is 0 Å². The standard InChI is InChI=1S/C20H34O5/c1-2-3-6-9-15(21)12-13-17-16(18(22)14-19(17)23)10-7-4-5-8-11-20(24)25/h4,7,12-13,15-19,21-23H,2-3,5-6,8-11,14H2,1H3,(H,24,25)/b7-4-,13-12+/t15-,16?,17+,18-,19+/m0/s1. The van der Waals surface area contributed by atoms with Gasteiger partial charge in [-0.25, -0.2) is 0 Å². The maximum atomic E-state index is 10.5. The summed E-state index contributed by atoms with van der Waals surface area (Å²) in [5, 5.41) is 39.0. The zero-order valence-electron chi connectivity index (χ0n) is 15.3. The van der Waals surface area contributed by atoms with E-state index in [2.05, 4.69) is 6.92 Å². The SMILES string of the molecule is CCCCC[C@H](O)/C=C/[C@@H]1C(C/C=C\CCCC(=O)O)[C@@H](O)C[C@H]1O. The van der Waals surface area contributed by atoms with Gasteiger partial charge in [0.05, 0.1) is 18.3 Å². The molecule has 25 heavy (non-hydrogen) atoms. The molecule has 0 aromatic rings. The molecular weight excluding hydrogens is 320 g/mol. The van der Waals surface area contributed by atoms with Gasteiger partial charge in [-0.3, -0.25) is 4.79 Å². The van der Waals surface area contributed by atoms with E-state index in [9.17, 15) is 20.1 Å². The minimum Gasteiger partial charge on any atom is -0.481 e. The predicted octanol–water partition coefficient (Wildman–Crippen LogP) is 3.04. The Hall–Kier alpha value is -1.17. The molecule has 1 aliphatic carbocycles. The van der Waals surface area contributed by atoms with Gasteiger partial charge in [0.2, 0.25) is 0 Å². The van der Waals surface area contributed by atoms with E-state index in [1.807, 2.05) is 18.2 Å². The second kappa shape index (κ2) is 12.2. The van der Waals surface area contributed by atoms with E-state index in [1.165, 1.54) is 0 Å². The van der Waals surface area contributed by atoms with Crippen molar-refractivity contribution < 1.29 is 25.2 Å². The fourth-order valence-corrected chi connectivity index (χ4v) is 3.41. The second-order valence-corrected chi connectivity index (χ2v) is 7.05. The number of rotatable bonds is 12. The lowest BCUT2D eigenvalue weighted by molar-refractivity contribution is -0.137. The molecule has 1 saturated carbocycles. The summed E-state index contributed by atoms with van der Waals surface area (Å²) in [6.45, 7) is 2.12. The van der Waals surface area contributed by atoms with Crippen LogP contribution < -0.4 is 0 Å². The molecule has 0 amide bonds. The first-order valence-electron chi connectivity index (χ1n) is 9.55. The number of carboxylic acids is 1. The summed E-state index contributed by atoms with van der Waals surface area (Å²) < 4.78 is 0. The van der Waals surface area contributed by atoms with Crippen molar-refractivity contribution in [2.45, 2.75) is 83.0 Å². The minimum absolute atomic E-state index is 0.0650. The molecule has 0 heterocycles. The molecule has 144 valence electrons. The first-order chi connectivity index (χ1) is 12.0. The fraction of sp³-hybridized carbons (Fsp3) is 0.750. The largest absolute Gasteiger partial charge is 0.481 e. The summed E-state index contributed by atoms with van der Waals surface area (Å²) in [5.41, 5.74) is 0. The lowest BCUT2D eigenvalue weighted by Crippen LogP contribution is -2.20. The first-order valence-corrected chi connectivity index (χ1v) is 9.55. The molecule has 1 aliphatic rings. The quantitative estimate of drug-likeness (QED) is 0.319. The van der Waals surface area contributed by atoms with Crippen molar-refractivity contribution in [3.05, 3.63) is 24.3 Å². The van der Waals surface area contributed by atoms with E-state index in [0.29, 0.717) is 25.7 Å². The van der Waals surface area contributed by atoms with Crippen LogP contribution in [-0.4, -0.2) is 44.7 Å². The highest BCUT2D eigenvalue weighted by atomic mass is 16.4. The van der Waals surface area contributed by atoms with E-state index in [0.717, 1.165) is 25.7 Å². The van der Waals surface area contributed by atoms with Gasteiger partial charge >= 0.3 is 5.97 Å². The summed E-state index contributed by atoms with van der Waals surface area (Å²) in [7, 11) is 0. The normalized spacial score (nSPS) is 28.2. The Bertz CT molecular complexity index is 432. The molecule has 0 radical (unpaired) electrons. The van der Waals surface area contributed by atoms with Crippen LogP contribution in [0.1, 0.15) is 64.7 Å². The summed E-state index contributed by atoms with van der Waals surface area (Å²) in [6.07, 6.45) is 12.3. The van der Waals surface area contributed by atoms with Crippen molar-refractivity contribution in [2.24, 2.45) is 11.8 Å². The summed E-state index contributed by atoms with van der Waals surface area (Å²) in [5.74, 6) is -1.00. The number of hydrogen-bond acceptors (Lipinski definition) is 4. The van der Waals surface area contributed by atoms with Crippen molar-refractivity contribution in [2.75, 3.05) is 0 Å². The first kappa shape index (κ1) is 21.9. The van der Waals surface area contributed by atoms with Gasteiger partial charge in [0.1, 0.15) is 0 Å². The number of aliphatic hydroxyl groups is 3. The van der Waals surface area contributed by atoms with Crippen LogP contribution in [0.2, 0.25) is 0 Å². The highest BCUT2D eigenvalue weighted by molar-refractivity contribution is 5.66. The molecule has 5 heteroatoms. The summed E-state index contributed by atoms with van der Waals surface area (Å²) in [6, 6.07) is 0. The van der Waals surface area contributed by atoms with Gasteiger partial charge in [0.15, 0.2) is 0 Å². The molecule has 1 fully saturated rings. The number of unbranched alkanes of at least 4 members (excludes halogenated alkanes) is 3. The number of carboxylic acid groups (broad SMARTS) is 1. The summed E-state index contributed by atoms with van der Waals surface area (Å²) in [4.78, 5) is 10.5. The van der Waals surface area contributed by atoms with Gasteiger partial charge in [0.25, 0.3) is 0 Å². The monoisotopic (exact) mass is 354 g/mol. The third-order valence-electron chi connectivity index (χ3n) is 4.91. The lowest BCUT2D eigenvalue weighted by Gasteiger charge is -2.19. The molecule has 4 N–H and O–H groups in total. The molecule has 0 saturated heterocycles. The third-order valence-corrected chi connectivity index (χ3v) is 4.91. The summed E-state index contributed by atoms with van der Waals surface area (Å²) >= 11 is 0. The van der Waals surface area contributed by atoms with Gasteiger partial charge in [-0.1, -0.05) is 50.5 Å². The Morgan fingerprint density at radius 3 is 2.60 bits per heavy atom. The third kappa shape index (κ3) is 8.66. The number of allylic oxidation sites excluding steroid dienone is 2. The smallest absolute Gasteiger partial charge is 0.303 e. The molecule has 1 unspecified atom stereocenters. The highest BCUT2D eigenvalue weighted by Gasteiger charge is 2.39. The number of carbonyl (C=O) groups is 1. The van der Waals surface area contributed by atoms with Gasteiger partial charge in [0, 0.05) is 18.8 Å². The highest BCUT2D eigenvalue weighted by Crippen LogP contribution is 2.36. The van der Waals surface area contributed by atoms with E-state index >= 15 is 0 Å². The van der Waals surface area contributed by atoms with Gasteiger partial charge in [-0.05, 0) is 31.6 Å². The Balaban J connectivity index is 2.46. The molecule has 0 aromatic heterocycles. The zero-order valence-corrected chi connectivity index (χ0v) is 15.3. The van der Waals surface area contributed by atoms with Crippen LogP contribution in [0.3, 0.4) is 0 Å². The molecule has 0 spiro atoms. The number of aliphatic hydroxyl groups excluding tert-OH is 3. The average Bonchev–Trinajstić information content (AvgIpc) is 2.82. The predicted molar refractivity (Wildman–Crippen MR) is 98.1 cm³/mol. The fourth-order valence-electron chi connectivity index (χ4n) is 3.41. The topological polar surface area (TPSA) is 98.0 Å².